The Bertz CT molecular complexity index is 378. The van der Waals surface area contributed by atoms with Crippen LogP contribution in [0.4, 0.5) is 0 Å². The van der Waals surface area contributed by atoms with Crippen molar-refractivity contribution in [3.63, 3.8) is 0 Å². The third-order valence-corrected chi connectivity index (χ3v) is 4.18. The molecule has 2 heterocycles. The van der Waals surface area contributed by atoms with Gasteiger partial charge in [-0.2, -0.15) is 0 Å². The Labute approximate surface area is 102 Å². The van der Waals surface area contributed by atoms with Crippen molar-refractivity contribution in [3.05, 3.63) is 35.9 Å². The number of nitrogens with zero attached hydrogens (tertiary/aromatic N) is 1. The molecule has 1 N–H and O–H groups in total. The molecule has 2 aliphatic rings. The molecule has 1 aromatic rings. The van der Waals surface area contributed by atoms with E-state index in [9.17, 15) is 5.11 Å². The topological polar surface area (TPSA) is 32.7 Å². The minimum Gasteiger partial charge on any atom is -0.384 e. The molecule has 0 radical (unpaired) electrons. The van der Waals surface area contributed by atoms with E-state index in [-0.39, 0.29) is 11.8 Å². The molecule has 17 heavy (non-hydrogen) atoms. The van der Waals surface area contributed by atoms with Crippen molar-refractivity contribution in [3.8, 4) is 0 Å². The number of hydrogen-bond donors (Lipinski definition) is 1. The molecule has 0 saturated carbocycles. The van der Waals surface area contributed by atoms with Gasteiger partial charge in [0.15, 0.2) is 0 Å². The van der Waals surface area contributed by atoms with Gasteiger partial charge in [-0.05, 0) is 12.6 Å². The van der Waals surface area contributed by atoms with Crippen LogP contribution in [0.15, 0.2) is 30.3 Å². The smallest absolute Gasteiger partial charge is 0.102 e. The molecule has 3 heteroatoms. The van der Waals surface area contributed by atoms with Crippen LogP contribution in [0, 0.1) is 11.8 Å². The van der Waals surface area contributed by atoms with E-state index in [2.05, 4.69) is 11.9 Å². The largest absolute Gasteiger partial charge is 0.384 e. The lowest BCUT2D eigenvalue weighted by Gasteiger charge is -2.52. The molecule has 2 unspecified atom stereocenters. The van der Waals surface area contributed by atoms with Crippen LogP contribution in [0.25, 0.3) is 0 Å². The highest BCUT2D eigenvalue weighted by molar-refractivity contribution is 5.26. The molecule has 0 amide bonds. The molecule has 2 aliphatic heterocycles. The van der Waals surface area contributed by atoms with Crippen LogP contribution in [0.5, 0.6) is 0 Å². The number of fused-ring (bicyclic) bond motifs is 2. The van der Waals surface area contributed by atoms with Gasteiger partial charge in [0.05, 0.1) is 13.2 Å². The average molecular weight is 233 g/mol. The molecular formula is C14H19NO2. The first-order valence-electron chi connectivity index (χ1n) is 6.25. The summed E-state index contributed by atoms with van der Waals surface area (Å²) >= 11 is 0. The molecule has 2 bridgehead atoms. The normalized spacial score (nSPS) is 38.0. The van der Waals surface area contributed by atoms with Crippen LogP contribution >= 0.6 is 0 Å². The Morgan fingerprint density at radius 3 is 2.35 bits per heavy atom. The molecule has 2 fully saturated rings. The standard InChI is InChI=1S/C14H19NO2/c1-15-7-12-9-17-10-13(8-15)14(12,16)11-5-3-2-4-6-11/h2-6,12-13,16H,7-10H2,1H3. The van der Waals surface area contributed by atoms with Gasteiger partial charge in [0.2, 0.25) is 0 Å². The summed E-state index contributed by atoms with van der Waals surface area (Å²) in [5.41, 5.74) is 0.345. The van der Waals surface area contributed by atoms with E-state index in [1.165, 1.54) is 0 Å². The van der Waals surface area contributed by atoms with E-state index in [0.29, 0.717) is 13.2 Å². The van der Waals surface area contributed by atoms with Gasteiger partial charge in [0.25, 0.3) is 0 Å². The van der Waals surface area contributed by atoms with Crippen molar-refractivity contribution >= 4 is 0 Å². The Morgan fingerprint density at radius 1 is 1.18 bits per heavy atom. The maximum Gasteiger partial charge on any atom is 0.102 e. The van der Waals surface area contributed by atoms with E-state index < -0.39 is 5.60 Å². The van der Waals surface area contributed by atoms with Crippen molar-refractivity contribution in [2.75, 3.05) is 33.4 Å². The highest BCUT2D eigenvalue weighted by atomic mass is 16.5. The first kappa shape index (κ1) is 11.2. The zero-order valence-corrected chi connectivity index (χ0v) is 10.2. The molecule has 2 saturated heterocycles. The minimum absolute atomic E-state index is 0.183. The fourth-order valence-corrected chi connectivity index (χ4v) is 3.33. The lowest BCUT2D eigenvalue weighted by molar-refractivity contribution is -0.195. The third-order valence-electron chi connectivity index (χ3n) is 4.18. The average Bonchev–Trinajstić information content (AvgIpc) is 2.32. The number of hydrogen-bond acceptors (Lipinski definition) is 3. The van der Waals surface area contributed by atoms with Crippen molar-refractivity contribution in [2.24, 2.45) is 11.8 Å². The van der Waals surface area contributed by atoms with Crippen LogP contribution in [-0.2, 0) is 10.3 Å². The van der Waals surface area contributed by atoms with E-state index in [1.807, 2.05) is 30.3 Å². The zero-order chi connectivity index (χ0) is 11.9. The van der Waals surface area contributed by atoms with Crippen molar-refractivity contribution in [2.45, 2.75) is 5.60 Å². The van der Waals surface area contributed by atoms with E-state index in [1.54, 1.807) is 0 Å². The van der Waals surface area contributed by atoms with Gasteiger partial charge in [-0.3, -0.25) is 0 Å². The van der Waals surface area contributed by atoms with Crippen molar-refractivity contribution in [1.82, 2.24) is 4.90 Å². The summed E-state index contributed by atoms with van der Waals surface area (Å²) in [6.45, 7) is 3.13. The van der Waals surface area contributed by atoms with E-state index in [4.69, 9.17) is 4.74 Å². The van der Waals surface area contributed by atoms with Gasteiger partial charge < -0.3 is 14.7 Å². The zero-order valence-electron chi connectivity index (χ0n) is 10.2. The summed E-state index contributed by atoms with van der Waals surface area (Å²) in [4.78, 5) is 2.30. The molecule has 92 valence electrons. The summed E-state index contributed by atoms with van der Waals surface area (Å²) in [7, 11) is 2.12. The predicted molar refractivity (Wildman–Crippen MR) is 65.6 cm³/mol. The van der Waals surface area contributed by atoms with E-state index in [0.717, 1.165) is 18.7 Å². The monoisotopic (exact) mass is 233 g/mol. The lowest BCUT2D eigenvalue weighted by Crippen LogP contribution is -2.60. The van der Waals surface area contributed by atoms with Crippen LogP contribution < -0.4 is 0 Å². The maximum absolute atomic E-state index is 11.1. The number of benzene rings is 1. The number of ether oxygens (including phenoxy) is 1. The lowest BCUT2D eigenvalue weighted by atomic mass is 9.68. The Balaban J connectivity index is 2.00. The molecule has 0 aliphatic carbocycles. The fourth-order valence-electron chi connectivity index (χ4n) is 3.33. The van der Waals surface area contributed by atoms with Crippen molar-refractivity contribution in [1.29, 1.82) is 0 Å². The van der Waals surface area contributed by atoms with Gasteiger partial charge >= 0.3 is 0 Å². The second kappa shape index (κ2) is 4.09. The fraction of sp³-hybridized carbons (Fsp3) is 0.571. The van der Waals surface area contributed by atoms with Gasteiger partial charge in [-0.25, -0.2) is 0 Å². The first-order valence-corrected chi connectivity index (χ1v) is 6.25. The highest BCUT2D eigenvalue weighted by Gasteiger charge is 2.51. The predicted octanol–water partition coefficient (Wildman–Crippen LogP) is 1.08. The molecule has 3 nitrogen and oxygen atoms in total. The molecular weight excluding hydrogens is 214 g/mol. The Kier molecular flexibility index (Phi) is 2.69. The van der Waals surface area contributed by atoms with Crippen LogP contribution in [0.2, 0.25) is 0 Å². The molecule has 3 rings (SSSR count). The summed E-state index contributed by atoms with van der Waals surface area (Å²) < 4.78 is 5.62. The van der Waals surface area contributed by atoms with Gasteiger partial charge in [0, 0.05) is 24.9 Å². The van der Waals surface area contributed by atoms with E-state index >= 15 is 0 Å². The summed E-state index contributed by atoms with van der Waals surface area (Å²) in [6, 6.07) is 10.1. The molecule has 0 spiro atoms. The van der Waals surface area contributed by atoms with Crippen molar-refractivity contribution < 1.29 is 9.84 Å². The van der Waals surface area contributed by atoms with Crippen LogP contribution in [0.3, 0.4) is 0 Å². The SMILES string of the molecule is CN1CC2COCC(C1)C2(O)c1ccccc1. The quantitative estimate of drug-likeness (QED) is 0.788. The number of likely N-dealkylation sites (tertiary alicyclic amines) is 1. The number of aliphatic hydroxyl groups is 1. The van der Waals surface area contributed by atoms with Crippen LogP contribution in [-0.4, -0.2) is 43.4 Å². The Hall–Kier alpha value is -0.900. The molecule has 1 aromatic carbocycles. The van der Waals surface area contributed by atoms with Gasteiger partial charge in [0.1, 0.15) is 5.60 Å². The summed E-state index contributed by atoms with van der Waals surface area (Å²) in [6.07, 6.45) is 0. The molecule has 2 atom stereocenters. The van der Waals surface area contributed by atoms with Crippen LogP contribution in [0.1, 0.15) is 5.56 Å². The number of rotatable bonds is 1. The highest BCUT2D eigenvalue weighted by Crippen LogP contribution is 2.43. The summed E-state index contributed by atoms with van der Waals surface area (Å²) in [5, 5.41) is 11.1. The molecule has 0 aromatic heterocycles. The first-order chi connectivity index (χ1) is 8.21. The third kappa shape index (κ3) is 1.69. The number of piperidine rings is 1. The second-order valence-electron chi connectivity index (χ2n) is 5.34. The maximum atomic E-state index is 11.1. The van der Waals surface area contributed by atoms with Gasteiger partial charge in [-0.15, -0.1) is 0 Å². The summed E-state index contributed by atoms with van der Waals surface area (Å²) in [5.74, 6) is 0.366. The van der Waals surface area contributed by atoms with Gasteiger partial charge in [-0.1, -0.05) is 30.3 Å². The second-order valence-corrected chi connectivity index (χ2v) is 5.34. The minimum atomic E-state index is -0.702. The Morgan fingerprint density at radius 2 is 1.76 bits per heavy atom.